The van der Waals surface area contributed by atoms with E-state index in [9.17, 15) is 22.8 Å². The summed E-state index contributed by atoms with van der Waals surface area (Å²) in [5.74, 6) is -0.608. The second-order valence-electron chi connectivity index (χ2n) is 4.47. The molecule has 0 aromatic heterocycles. The molecule has 8 heteroatoms. The highest BCUT2D eigenvalue weighted by molar-refractivity contribution is 5.93. The van der Waals surface area contributed by atoms with E-state index in [-0.39, 0.29) is 18.1 Å². The third-order valence-electron chi connectivity index (χ3n) is 2.83. The van der Waals surface area contributed by atoms with Crippen LogP contribution in [0.15, 0.2) is 24.3 Å². The molecule has 0 heterocycles. The zero-order valence-corrected chi connectivity index (χ0v) is 11.6. The van der Waals surface area contributed by atoms with Crippen LogP contribution in [-0.2, 0) is 15.8 Å². The highest BCUT2D eigenvalue weighted by atomic mass is 19.4. The first kappa shape index (κ1) is 17.0. The van der Waals surface area contributed by atoms with Crippen LogP contribution in [-0.4, -0.2) is 31.4 Å². The van der Waals surface area contributed by atoms with Gasteiger partial charge in [-0.15, -0.1) is 0 Å². The lowest BCUT2D eigenvalue weighted by atomic mass is 10.2. The Labute approximate surface area is 119 Å². The molecule has 5 nitrogen and oxygen atoms in total. The summed E-state index contributed by atoms with van der Waals surface area (Å²) in [6.07, 6.45) is -4.41. The number of carbonyl (C=O) groups excluding carboxylic acids is 2. The summed E-state index contributed by atoms with van der Waals surface area (Å²) >= 11 is 0. The SMILES string of the molecule is CNC(=O)C[NH2+][C@@H](C)C(=O)Nc1ccc(C(F)(F)F)cc1. The molecule has 0 radical (unpaired) electrons. The molecule has 1 atom stereocenters. The van der Waals surface area contributed by atoms with Crippen molar-refractivity contribution < 1.29 is 28.1 Å². The fourth-order valence-corrected chi connectivity index (χ4v) is 1.49. The average Bonchev–Trinajstić information content (AvgIpc) is 2.43. The van der Waals surface area contributed by atoms with Crippen molar-refractivity contribution in [3.05, 3.63) is 29.8 Å². The van der Waals surface area contributed by atoms with Crippen LogP contribution in [0.25, 0.3) is 0 Å². The molecule has 2 amide bonds. The Morgan fingerprint density at radius 3 is 2.29 bits per heavy atom. The van der Waals surface area contributed by atoms with Gasteiger partial charge in [-0.05, 0) is 31.2 Å². The number of nitrogens with one attached hydrogen (secondary N) is 2. The Morgan fingerprint density at radius 2 is 1.81 bits per heavy atom. The summed E-state index contributed by atoms with van der Waals surface area (Å²) in [6, 6.07) is 3.63. The lowest BCUT2D eigenvalue weighted by molar-refractivity contribution is -0.662. The molecule has 0 unspecified atom stereocenters. The van der Waals surface area contributed by atoms with Crippen molar-refractivity contribution in [2.75, 3.05) is 18.9 Å². The Bertz CT molecular complexity index is 500. The number of anilines is 1. The van der Waals surface area contributed by atoms with E-state index in [2.05, 4.69) is 10.6 Å². The summed E-state index contributed by atoms with van der Waals surface area (Å²) in [5.41, 5.74) is -0.507. The predicted octanol–water partition coefficient (Wildman–Crippen LogP) is 0.342. The first-order valence-electron chi connectivity index (χ1n) is 6.26. The van der Waals surface area contributed by atoms with Gasteiger partial charge < -0.3 is 16.0 Å². The number of benzene rings is 1. The topological polar surface area (TPSA) is 74.8 Å². The second-order valence-corrected chi connectivity index (χ2v) is 4.47. The number of likely N-dealkylation sites (N-methyl/N-ethyl adjacent to an activating group) is 1. The van der Waals surface area contributed by atoms with Gasteiger partial charge in [0.15, 0.2) is 12.6 Å². The Kier molecular flexibility index (Phi) is 5.71. The number of carbonyl (C=O) groups is 2. The molecule has 116 valence electrons. The molecule has 0 saturated heterocycles. The molecule has 0 aliphatic heterocycles. The molecule has 0 fully saturated rings. The van der Waals surface area contributed by atoms with Crippen molar-refractivity contribution >= 4 is 17.5 Å². The van der Waals surface area contributed by atoms with Crippen LogP contribution in [0.4, 0.5) is 18.9 Å². The maximum atomic E-state index is 12.4. The standard InChI is InChI=1S/C13H16F3N3O2/c1-8(18-7-11(20)17-2)12(21)19-10-5-3-9(4-6-10)13(14,15)16/h3-6,8,18H,7H2,1-2H3,(H,17,20)(H,19,21)/p+1/t8-/m0/s1. The third-order valence-corrected chi connectivity index (χ3v) is 2.83. The molecule has 21 heavy (non-hydrogen) atoms. The van der Waals surface area contributed by atoms with E-state index in [0.717, 1.165) is 12.1 Å². The van der Waals surface area contributed by atoms with E-state index in [1.807, 2.05) is 0 Å². The Hall–Kier alpha value is -2.09. The fourth-order valence-electron chi connectivity index (χ4n) is 1.49. The molecule has 0 aliphatic rings. The van der Waals surface area contributed by atoms with Gasteiger partial charge in [0.2, 0.25) is 0 Å². The van der Waals surface area contributed by atoms with Crippen molar-refractivity contribution in [3.8, 4) is 0 Å². The molecular formula is C13H17F3N3O2+. The Balaban J connectivity index is 2.56. The molecule has 0 saturated carbocycles. The Morgan fingerprint density at radius 1 is 1.24 bits per heavy atom. The normalized spacial score (nSPS) is 12.6. The molecule has 1 aromatic carbocycles. The average molecular weight is 304 g/mol. The number of amides is 2. The summed E-state index contributed by atoms with van der Waals surface area (Å²) < 4.78 is 37.2. The first-order valence-corrected chi connectivity index (χ1v) is 6.26. The summed E-state index contributed by atoms with van der Waals surface area (Å²) in [5, 5.41) is 6.44. The van der Waals surface area contributed by atoms with Gasteiger partial charge in [-0.3, -0.25) is 9.59 Å². The lowest BCUT2D eigenvalue weighted by Gasteiger charge is -2.12. The zero-order chi connectivity index (χ0) is 16.0. The van der Waals surface area contributed by atoms with Gasteiger partial charge in [-0.1, -0.05) is 0 Å². The molecule has 0 bridgehead atoms. The summed E-state index contributed by atoms with van der Waals surface area (Å²) in [6.45, 7) is 1.69. The quantitative estimate of drug-likeness (QED) is 0.734. The van der Waals surface area contributed by atoms with E-state index in [4.69, 9.17) is 0 Å². The summed E-state index contributed by atoms with van der Waals surface area (Å²) in [7, 11) is 1.49. The number of nitrogens with two attached hydrogens (primary N) is 1. The fraction of sp³-hybridized carbons (Fsp3) is 0.385. The highest BCUT2D eigenvalue weighted by Gasteiger charge is 2.30. The zero-order valence-electron chi connectivity index (χ0n) is 11.6. The van der Waals surface area contributed by atoms with E-state index in [0.29, 0.717) is 0 Å². The highest BCUT2D eigenvalue weighted by Crippen LogP contribution is 2.29. The first-order chi connectivity index (χ1) is 9.74. The lowest BCUT2D eigenvalue weighted by Crippen LogP contribution is -2.93. The van der Waals surface area contributed by atoms with E-state index in [1.54, 1.807) is 6.92 Å². The number of halogens is 3. The maximum Gasteiger partial charge on any atom is 0.416 e. The maximum absolute atomic E-state index is 12.4. The van der Waals surface area contributed by atoms with Crippen molar-refractivity contribution in [1.82, 2.24) is 5.32 Å². The van der Waals surface area contributed by atoms with Crippen LogP contribution >= 0.6 is 0 Å². The molecule has 0 aliphatic carbocycles. The largest absolute Gasteiger partial charge is 0.416 e. The predicted molar refractivity (Wildman–Crippen MR) is 70.4 cm³/mol. The van der Waals surface area contributed by atoms with Gasteiger partial charge in [0.1, 0.15) is 0 Å². The molecule has 4 N–H and O–H groups in total. The number of quaternary nitrogens is 1. The van der Waals surface area contributed by atoms with E-state index >= 15 is 0 Å². The van der Waals surface area contributed by atoms with Gasteiger partial charge in [0, 0.05) is 12.7 Å². The number of hydrogen-bond donors (Lipinski definition) is 3. The van der Waals surface area contributed by atoms with E-state index in [1.165, 1.54) is 24.5 Å². The molecule has 0 spiro atoms. The second kappa shape index (κ2) is 7.07. The van der Waals surface area contributed by atoms with Gasteiger partial charge in [0.05, 0.1) is 5.56 Å². The van der Waals surface area contributed by atoms with Crippen LogP contribution in [0.1, 0.15) is 12.5 Å². The van der Waals surface area contributed by atoms with E-state index < -0.39 is 23.7 Å². The van der Waals surface area contributed by atoms with Crippen LogP contribution in [0.5, 0.6) is 0 Å². The number of alkyl halides is 3. The minimum absolute atomic E-state index is 0.0953. The minimum atomic E-state index is -4.41. The van der Waals surface area contributed by atoms with Gasteiger partial charge in [-0.2, -0.15) is 13.2 Å². The van der Waals surface area contributed by atoms with Gasteiger partial charge in [0.25, 0.3) is 11.8 Å². The van der Waals surface area contributed by atoms with Crippen LogP contribution in [0, 0.1) is 0 Å². The van der Waals surface area contributed by atoms with Crippen molar-refractivity contribution in [3.63, 3.8) is 0 Å². The van der Waals surface area contributed by atoms with Crippen molar-refractivity contribution in [2.24, 2.45) is 0 Å². The third kappa shape index (κ3) is 5.42. The smallest absolute Gasteiger partial charge is 0.354 e. The molecule has 1 aromatic rings. The molecular weight excluding hydrogens is 287 g/mol. The van der Waals surface area contributed by atoms with Gasteiger partial charge in [-0.25, -0.2) is 0 Å². The summed E-state index contributed by atoms with van der Waals surface area (Å²) in [4.78, 5) is 22.8. The van der Waals surface area contributed by atoms with Crippen molar-refractivity contribution in [1.29, 1.82) is 0 Å². The number of rotatable bonds is 5. The van der Waals surface area contributed by atoms with Crippen LogP contribution in [0.3, 0.4) is 0 Å². The number of hydrogen-bond acceptors (Lipinski definition) is 2. The van der Waals surface area contributed by atoms with Crippen LogP contribution < -0.4 is 16.0 Å². The monoisotopic (exact) mass is 304 g/mol. The molecule has 1 rings (SSSR count). The van der Waals surface area contributed by atoms with Crippen LogP contribution in [0.2, 0.25) is 0 Å². The van der Waals surface area contributed by atoms with Crippen molar-refractivity contribution in [2.45, 2.75) is 19.1 Å². The van der Waals surface area contributed by atoms with Gasteiger partial charge >= 0.3 is 6.18 Å². The minimum Gasteiger partial charge on any atom is -0.354 e.